The lowest BCUT2D eigenvalue weighted by Crippen LogP contribution is -2.28. The number of nitrogens with two attached hydrogens (primary N) is 1. The first-order chi connectivity index (χ1) is 10.2. The molecule has 9 heteroatoms. The molecule has 3 N–H and O–H groups in total. The lowest BCUT2D eigenvalue weighted by molar-refractivity contribution is -0.121. The Labute approximate surface area is 133 Å². The summed E-state index contributed by atoms with van der Waals surface area (Å²) in [6.07, 6.45) is 1.84. The van der Waals surface area contributed by atoms with Gasteiger partial charge in [-0.3, -0.25) is 9.48 Å². The van der Waals surface area contributed by atoms with Crippen LogP contribution >= 0.6 is 11.3 Å². The molecule has 7 nitrogen and oxygen atoms in total. The number of carbonyl (C=O) groups excluding carboxylic acids is 1. The summed E-state index contributed by atoms with van der Waals surface area (Å²) in [4.78, 5) is 12.7. The zero-order valence-electron chi connectivity index (χ0n) is 12.5. The number of hydrogen-bond donors (Lipinski definition) is 2. The second-order valence-electron chi connectivity index (χ2n) is 5.04. The largest absolute Gasteiger partial charge is 0.349 e. The molecular weight excluding hydrogens is 324 g/mol. The number of hydrogen-bond acceptors (Lipinski definition) is 5. The second kappa shape index (κ2) is 6.19. The average molecular weight is 342 g/mol. The molecule has 2 aromatic rings. The van der Waals surface area contributed by atoms with Crippen molar-refractivity contribution in [3.8, 4) is 0 Å². The number of carbonyl (C=O) groups is 1. The monoisotopic (exact) mass is 342 g/mol. The van der Waals surface area contributed by atoms with E-state index in [-0.39, 0.29) is 22.6 Å². The van der Waals surface area contributed by atoms with E-state index in [1.165, 1.54) is 6.07 Å². The van der Waals surface area contributed by atoms with Crippen molar-refractivity contribution in [1.29, 1.82) is 0 Å². The zero-order valence-corrected chi connectivity index (χ0v) is 14.2. The van der Waals surface area contributed by atoms with E-state index in [9.17, 15) is 13.2 Å². The normalized spacial score (nSPS) is 13.1. The molecule has 1 atom stereocenters. The molecule has 0 saturated carbocycles. The van der Waals surface area contributed by atoms with Gasteiger partial charge < -0.3 is 5.32 Å². The van der Waals surface area contributed by atoms with Crippen LogP contribution in [0.15, 0.2) is 22.5 Å². The van der Waals surface area contributed by atoms with Crippen molar-refractivity contribution in [2.75, 3.05) is 0 Å². The van der Waals surface area contributed by atoms with E-state index in [4.69, 9.17) is 5.14 Å². The van der Waals surface area contributed by atoms with E-state index in [0.717, 1.165) is 22.6 Å². The summed E-state index contributed by atoms with van der Waals surface area (Å²) in [7, 11) is -1.87. The number of sulfonamides is 1. The minimum absolute atomic E-state index is 0.0615. The predicted octanol–water partition coefficient (Wildman–Crippen LogP) is 0.857. The minimum Gasteiger partial charge on any atom is -0.349 e. The van der Waals surface area contributed by atoms with E-state index >= 15 is 0 Å². The molecule has 1 amide bonds. The van der Waals surface area contributed by atoms with Crippen molar-refractivity contribution in [2.45, 2.75) is 30.5 Å². The summed E-state index contributed by atoms with van der Waals surface area (Å²) in [5.74, 6) is -0.182. The fraction of sp³-hybridized carbons (Fsp3) is 0.385. The highest BCUT2D eigenvalue weighted by Crippen LogP contribution is 2.21. The number of nitrogens with zero attached hydrogens (tertiary/aromatic N) is 2. The van der Waals surface area contributed by atoms with E-state index in [1.807, 2.05) is 20.9 Å². The van der Waals surface area contributed by atoms with E-state index < -0.39 is 10.0 Å². The van der Waals surface area contributed by atoms with Gasteiger partial charge in [0.05, 0.1) is 18.7 Å². The molecule has 0 spiro atoms. The molecule has 120 valence electrons. The van der Waals surface area contributed by atoms with Gasteiger partial charge in [-0.25, -0.2) is 13.6 Å². The van der Waals surface area contributed by atoms with Crippen molar-refractivity contribution >= 4 is 27.3 Å². The highest BCUT2D eigenvalue weighted by molar-refractivity contribution is 7.91. The van der Waals surface area contributed by atoms with Crippen LogP contribution in [0.4, 0.5) is 0 Å². The third-order valence-corrected chi connectivity index (χ3v) is 5.89. The summed E-state index contributed by atoms with van der Waals surface area (Å²) >= 11 is 1.01. The molecule has 0 aliphatic heterocycles. The Bertz CT molecular complexity index is 792. The second-order valence-corrected chi connectivity index (χ2v) is 8.00. The van der Waals surface area contributed by atoms with Gasteiger partial charge in [-0.05, 0) is 26.0 Å². The fourth-order valence-corrected chi connectivity index (χ4v) is 3.85. The van der Waals surface area contributed by atoms with Gasteiger partial charge in [0.1, 0.15) is 4.21 Å². The number of amides is 1. The molecule has 2 aromatic heterocycles. The van der Waals surface area contributed by atoms with Crippen LogP contribution in [0.25, 0.3) is 0 Å². The van der Waals surface area contributed by atoms with Gasteiger partial charge in [0.15, 0.2) is 0 Å². The van der Waals surface area contributed by atoms with Gasteiger partial charge in [-0.2, -0.15) is 5.10 Å². The third kappa shape index (κ3) is 3.73. The molecule has 2 rings (SSSR count). The number of rotatable bonds is 5. The van der Waals surface area contributed by atoms with Crippen LogP contribution in [0, 0.1) is 6.92 Å². The predicted molar refractivity (Wildman–Crippen MR) is 83.9 cm³/mol. The Hall–Kier alpha value is -1.71. The fourth-order valence-electron chi connectivity index (χ4n) is 2.08. The van der Waals surface area contributed by atoms with Crippen LogP contribution in [0.3, 0.4) is 0 Å². The lowest BCUT2D eigenvalue weighted by Gasteiger charge is -2.13. The van der Waals surface area contributed by atoms with Gasteiger partial charge in [0.2, 0.25) is 15.9 Å². The number of nitrogens with one attached hydrogen (secondary N) is 1. The van der Waals surface area contributed by atoms with Crippen molar-refractivity contribution in [3.63, 3.8) is 0 Å². The Morgan fingerprint density at radius 2 is 2.18 bits per heavy atom. The molecule has 0 radical (unpaired) electrons. The molecule has 0 aliphatic rings. The summed E-state index contributed by atoms with van der Waals surface area (Å²) in [5, 5.41) is 12.1. The average Bonchev–Trinajstić information content (AvgIpc) is 2.97. The number of aryl methyl sites for hydroxylation is 1. The molecule has 0 aromatic carbocycles. The van der Waals surface area contributed by atoms with E-state index in [0.29, 0.717) is 4.88 Å². The maximum absolute atomic E-state index is 12.1. The van der Waals surface area contributed by atoms with Crippen LogP contribution in [-0.4, -0.2) is 24.1 Å². The first kappa shape index (κ1) is 16.7. The Balaban J connectivity index is 2.01. The van der Waals surface area contributed by atoms with Crippen molar-refractivity contribution in [2.24, 2.45) is 12.2 Å². The number of primary sulfonamides is 1. The maximum Gasteiger partial charge on any atom is 0.247 e. The smallest absolute Gasteiger partial charge is 0.247 e. The van der Waals surface area contributed by atoms with Crippen LogP contribution in [0.5, 0.6) is 0 Å². The molecule has 0 bridgehead atoms. The number of thiophene rings is 1. The Morgan fingerprint density at radius 1 is 1.50 bits per heavy atom. The van der Waals surface area contributed by atoms with Crippen molar-refractivity contribution < 1.29 is 13.2 Å². The summed E-state index contributed by atoms with van der Waals surface area (Å²) in [5.41, 5.74) is 1.94. The molecule has 1 unspecified atom stereocenters. The molecular formula is C13H18N4O3S2. The standard InChI is InChI=1S/C13H18N4O3S2/c1-8(11-7-15-17(3)9(11)2)16-12(18)6-10-4-5-13(21-10)22(14,19)20/h4-5,7-8H,6H2,1-3H3,(H,16,18)(H2,14,19,20). The zero-order chi connectivity index (χ0) is 16.5. The maximum atomic E-state index is 12.1. The summed E-state index contributed by atoms with van der Waals surface area (Å²) in [6, 6.07) is 2.85. The van der Waals surface area contributed by atoms with Gasteiger partial charge in [-0.1, -0.05) is 0 Å². The van der Waals surface area contributed by atoms with Crippen LogP contribution in [0.2, 0.25) is 0 Å². The van der Waals surface area contributed by atoms with Gasteiger partial charge in [0, 0.05) is 23.2 Å². The quantitative estimate of drug-likeness (QED) is 0.840. The SMILES string of the molecule is Cc1c(C(C)NC(=O)Cc2ccc(S(N)(=O)=O)s2)cnn1C. The van der Waals surface area contributed by atoms with Crippen LogP contribution < -0.4 is 10.5 Å². The van der Waals surface area contributed by atoms with E-state index in [1.54, 1.807) is 16.9 Å². The van der Waals surface area contributed by atoms with Gasteiger partial charge in [0.25, 0.3) is 0 Å². The third-order valence-electron chi connectivity index (χ3n) is 3.37. The molecule has 0 fully saturated rings. The highest BCUT2D eigenvalue weighted by atomic mass is 32.2. The molecule has 22 heavy (non-hydrogen) atoms. The van der Waals surface area contributed by atoms with E-state index in [2.05, 4.69) is 10.4 Å². The highest BCUT2D eigenvalue weighted by Gasteiger charge is 2.17. The topological polar surface area (TPSA) is 107 Å². The number of aromatic nitrogens is 2. The van der Waals surface area contributed by atoms with Crippen molar-refractivity contribution in [1.82, 2.24) is 15.1 Å². The van der Waals surface area contributed by atoms with Crippen LogP contribution in [-0.2, 0) is 28.3 Å². The van der Waals surface area contributed by atoms with Crippen molar-refractivity contribution in [3.05, 3.63) is 34.5 Å². The van der Waals surface area contributed by atoms with Gasteiger partial charge in [-0.15, -0.1) is 11.3 Å². The first-order valence-corrected chi connectivity index (χ1v) is 8.94. The Kier molecular flexibility index (Phi) is 4.69. The molecule has 2 heterocycles. The molecule has 0 saturated heterocycles. The van der Waals surface area contributed by atoms with Gasteiger partial charge >= 0.3 is 0 Å². The first-order valence-electron chi connectivity index (χ1n) is 6.58. The minimum atomic E-state index is -3.71. The van der Waals surface area contributed by atoms with Crippen LogP contribution in [0.1, 0.15) is 29.1 Å². The molecule has 0 aliphatic carbocycles. The summed E-state index contributed by atoms with van der Waals surface area (Å²) in [6.45, 7) is 3.81. The Morgan fingerprint density at radius 3 is 2.68 bits per heavy atom. The summed E-state index contributed by atoms with van der Waals surface area (Å²) < 4.78 is 24.2. The lowest BCUT2D eigenvalue weighted by atomic mass is 10.1.